The first kappa shape index (κ1) is 13.9. The molecule has 2 N–H and O–H groups in total. The Morgan fingerprint density at radius 1 is 0.941 bits per heavy atom. The average molecular weight is 254 g/mol. The van der Waals surface area contributed by atoms with Crippen LogP contribution in [0.15, 0.2) is 18.2 Å². The summed E-state index contributed by atoms with van der Waals surface area (Å²) < 4.78 is 63.0. The van der Waals surface area contributed by atoms with E-state index in [0.29, 0.717) is 19.1 Å². The van der Waals surface area contributed by atoms with Gasteiger partial charge in [0.15, 0.2) is 0 Å². The maximum atomic E-state index is 12.9. The fourth-order valence-corrected chi connectivity index (χ4v) is 1.22. The first-order valence-corrected chi connectivity index (χ1v) is 4.48. The van der Waals surface area contributed by atoms with Gasteiger partial charge in [0.1, 0.15) is 0 Å². The van der Waals surface area contributed by atoms with Crippen molar-refractivity contribution < 1.29 is 32.0 Å². The molecule has 0 aliphatic heterocycles. The molecule has 0 unspecified atom stereocenters. The molecular formula is C9H8BF5O2. The van der Waals surface area contributed by atoms with Crippen molar-refractivity contribution in [3.63, 3.8) is 0 Å². The lowest BCUT2D eigenvalue weighted by atomic mass is 9.78. The van der Waals surface area contributed by atoms with Gasteiger partial charge in [-0.25, -0.2) is 8.78 Å². The molecule has 94 valence electrons. The van der Waals surface area contributed by atoms with Crippen LogP contribution < -0.4 is 5.46 Å². The van der Waals surface area contributed by atoms with Crippen molar-refractivity contribution in [1.82, 2.24) is 0 Å². The van der Waals surface area contributed by atoms with E-state index in [1.54, 1.807) is 0 Å². The van der Waals surface area contributed by atoms with Crippen LogP contribution in [0.2, 0.25) is 0 Å². The SMILES string of the molecule is CC(F)(F)c1cc(B(O)O)cc(C(F)(F)F)c1. The van der Waals surface area contributed by atoms with E-state index in [0.717, 1.165) is 0 Å². The number of halogens is 5. The minimum atomic E-state index is -4.83. The van der Waals surface area contributed by atoms with E-state index in [9.17, 15) is 22.0 Å². The summed E-state index contributed by atoms with van der Waals surface area (Å²) in [5.41, 5.74) is -2.90. The van der Waals surface area contributed by atoms with Crippen molar-refractivity contribution in [2.45, 2.75) is 19.0 Å². The van der Waals surface area contributed by atoms with Gasteiger partial charge in [-0.15, -0.1) is 0 Å². The molecule has 17 heavy (non-hydrogen) atoms. The average Bonchev–Trinajstić information content (AvgIpc) is 2.14. The second-order valence-electron chi connectivity index (χ2n) is 3.60. The molecule has 1 aromatic carbocycles. The van der Waals surface area contributed by atoms with Gasteiger partial charge < -0.3 is 10.0 Å². The highest BCUT2D eigenvalue weighted by atomic mass is 19.4. The van der Waals surface area contributed by atoms with Crippen molar-refractivity contribution in [1.29, 1.82) is 0 Å². The quantitative estimate of drug-likeness (QED) is 0.620. The maximum Gasteiger partial charge on any atom is 0.488 e. The van der Waals surface area contributed by atoms with E-state index in [1.165, 1.54) is 0 Å². The van der Waals surface area contributed by atoms with Crippen molar-refractivity contribution >= 4 is 12.6 Å². The molecule has 0 radical (unpaired) electrons. The van der Waals surface area contributed by atoms with Crippen LogP contribution in [0.25, 0.3) is 0 Å². The zero-order valence-electron chi connectivity index (χ0n) is 8.59. The second-order valence-corrected chi connectivity index (χ2v) is 3.60. The van der Waals surface area contributed by atoms with Crippen LogP contribution >= 0.6 is 0 Å². The summed E-state index contributed by atoms with van der Waals surface area (Å²) in [5.74, 6) is -3.50. The molecule has 0 amide bonds. The third-order valence-electron chi connectivity index (χ3n) is 2.09. The normalized spacial score (nSPS) is 12.7. The fraction of sp³-hybridized carbons (Fsp3) is 0.333. The molecule has 0 saturated heterocycles. The third kappa shape index (κ3) is 3.40. The molecule has 8 heteroatoms. The Hall–Kier alpha value is -1.15. The lowest BCUT2D eigenvalue weighted by molar-refractivity contribution is -0.137. The standard InChI is InChI=1S/C9H8BF5O2/c1-8(11,12)5-2-6(9(13,14)15)4-7(3-5)10(16)17/h2-4,16-17H,1H3. The molecular weight excluding hydrogens is 246 g/mol. The molecule has 1 rings (SSSR count). The zero-order chi connectivity index (χ0) is 13.4. The summed E-state index contributed by atoms with van der Waals surface area (Å²) in [6, 6.07) is 1.33. The van der Waals surface area contributed by atoms with Crippen LogP contribution in [0.3, 0.4) is 0 Å². The Labute approximate surface area is 93.8 Å². The van der Waals surface area contributed by atoms with Gasteiger partial charge in [-0.05, 0) is 11.5 Å². The molecule has 2 nitrogen and oxygen atoms in total. The molecule has 0 bridgehead atoms. The monoisotopic (exact) mass is 254 g/mol. The highest BCUT2D eigenvalue weighted by Crippen LogP contribution is 2.33. The highest BCUT2D eigenvalue weighted by Gasteiger charge is 2.35. The molecule has 0 fully saturated rings. The Balaban J connectivity index is 3.40. The summed E-state index contributed by atoms with van der Waals surface area (Å²) in [6.45, 7) is 0.427. The van der Waals surface area contributed by atoms with E-state index in [-0.39, 0.29) is 6.07 Å². The molecule has 0 aromatic heterocycles. The van der Waals surface area contributed by atoms with Gasteiger partial charge in [0.25, 0.3) is 5.92 Å². The van der Waals surface area contributed by atoms with Gasteiger partial charge in [-0.3, -0.25) is 0 Å². The lowest BCUT2D eigenvalue weighted by Crippen LogP contribution is -2.32. The number of hydrogen-bond acceptors (Lipinski definition) is 2. The smallest absolute Gasteiger partial charge is 0.423 e. The molecule has 0 saturated carbocycles. The molecule has 0 spiro atoms. The van der Waals surface area contributed by atoms with Gasteiger partial charge in [0.2, 0.25) is 0 Å². The summed E-state index contributed by atoms with van der Waals surface area (Å²) in [4.78, 5) is 0. The number of benzene rings is 1. The third-order valence-corrected chi connectivity index (χ3v) is 2.09. The van der Waals surface area contributed by atoms with Crippen LogP contribution in [-0.4, -0.2) is 17.2 Å². The summed E-state index contributed by atoms with van der Waals surface area (Å²) in [7, 11) is -2.24. The van der Waals surface area contributed by atoms with Crippen LogP contribution in [0.1, 0.15) is 18.1 Å². The first-order chi connectivity index (χ1) is 7.51. The largest absolute Gasteiger partial charge is 0.488 e. The second kappa shape index (κ2) is 4.27. The van der Waals surface area contributed by atoms with Crippen LogP contribution in [0, 0.1) is 0 Å². The lowest BCUT2D eigenvalue weighted by Gasteiger charge is -2.15. The van der Waals surface area contributed by atoms with Gasteiger partial charge >= 0.3 is 13.3 Å². The van der Waals surface area contributed by atoms with Crippen molar-refractivity contribution in [3.8, 4) is 0 Å². The van der Waals surface area contributed by atoms with E-state index in [1.807, 2.05) is 0 Å². The molecule has 0 aliphatic carbocycles. The summed E-state index contributed by atoms with van der Waals surface area (Å²) in [6.07, 6.45) is -4.83. The van der Waals surface area contributed by atoms with Crippen molar-refractivity contribution in [2.24, 2.45) is 0 Å². The van der Waals surface area contributed by atoms with Crippen molar-refractivity contribution in [2.75, 3.05) is 0 Å². The van der Waals surface area contributed by atoms with E-state index in [2.05, 4.69) is 0 Å². The van der Waals surface area contributed by atoms with Gasteiger partial charge in [-0.2, -0.15) is 13.2 Å². The minimum Gasteiger partial charge on any atom is -0.423 e. The zero-order valence-corrected chi connectivity index (χ0v) is 8.59. The van der Waals surface area contributed by atoms with Crippen LogP contribution in [-0.2, 0) is 12.1 Å². The maximum absolute atomic E-state index is 12.9. The molecule has 0 atom stereocenters. The highest BCUT2D eigenvalue weighted by molar-refractivity contribution is 6.58. The van der Waals surface area contributed by atoms with Crippen LogP contribution in [0.4, 0.5) is 22.0 Å². The van der Waals surface area contributed by atoms with E-state index < -0.39 is 35.8 Å². The summed E-state index contributed by atoms with van der Waals surface area (Å²) >= 11 is 0. The molecule has 0 aliphatic rings. The predicted molar refractivity (Wildman–Crippen MR) is 50.8 cm³/mol. The van der Waals surface area contributed by atoms with Crippen LogP contribution in [0.5, 0.6) is 0 Å². The van der Waals surface area contributed by atoms with Gasteiger partial charge in [0, 0.05) is 12.5 Å². The first-order valence-electron chi connectivity index (χ1n) is 4.48. The van der Waals surface area contributed by atoms with Gasteiger partial charge in [0.05, 0.1) is 5.56 Å². The predicted octanol–water partition coefficient (Wildman–Crippen LogP) is 1.50. The molecule has 1 aromatic rings. The number of hydrogen-bond donors (Lipinski definition) is 2. The van der Waals surface area contributed by atoms with E-state index >= 15 is 0 Å². The topological polar surface area (TPSA) is 40.5 Å². The Morgan fingerprint density at radius 2 is 1.41 bits per heavy atom. The number of rotatable bonds is 2. The minimum absolute atomic E-state index is 0.284. The Morgan fingerprint density at radius 3 is 1.76 bits per heavy atom. The number of alkyl halides is 5. The van der Waals surface area contributed by atoms with Crippen molar-refractivity contribution in [3.05, 3.63) is 29.3 Å². The van der Waals surface area contributed by atoms with Gasteiger partial charge in [-0.1, -0.05) is 12.1 Å². The Kier molecular flexibility index (Phi) is 3.49. The fourth-order valence-electron chi connectivity index (χ4n) is 1.22. The molecule has 0 heterocycles. The Bertz CT molecular complexity index is 379. The summed E-state index contributed by atoms with van der Waals surface area (Å²) in [5, 5.41) is 17.5. The van der Waals surface area contributed by atoms with E-state index in [4.69, 9.17) is 10.0 Å².